The maximum atomic E-state index is 11.2. The minimum atomic E-state index is -0.927. The van der Waals surface area contributed by atoms with Gasteiger partial charge in [0.05, 0.1) is 19.6 Å². The minimum Gasteiger partial charge on any atom is -0.494 e. The van der Waals surface area contributed by atoms with Crippen LogP contribution in [0.1, 0.15) is 13.3 Å². The van der Waals surface area contributed by atoms with Gasteiger partial charge in [0.25, 0.3) is 5.91 Å². The number of allylic oxidation sites excluding steroid dienone is 1. The third-order valence-corrected chi connectivity index (χ3v) is 2.13. The molecule has 2 N–H and O–H groups in total. The highest BCUT2D eigenvalue weighted by molar-refractivity contribution is 6.42. The summed E-state index contributed by atoms with van der Waals surface area (Å²) in [6.07, 6.45) is -0.0665. The van der Waals surface area contributed by atoms with E-state index < -0.39 is 11.9 Å². The van der Waals surface area contributed by atoms with Crippen molar-refractivity contribution in [3.8, 4) is 0 Å². The Kier molecular flexibility index (Phi) is 8.59. The molecule has 0 rings (SSSR count). The number of amides is 1. The van der Waals surface area contributed by atoms with E-state index >= 15 is 0 Å². The molecule has 0 heterocycles. The molecule has 0 aromatic carbocycles. The molecule has 0 saturated carbocycles. The second-order valence-corrected chi connectivity index (χ2v) is 3.45. The molecule has 0 aliphatic rings. The third-order valence-electron chi connectivity index (χ3n) is 1.70. The highest BCUT2D eigenvalue weighted by atomic mass is 35.5. The van der Waals surface area contributed by atoms with Crippen LogP contribution in [0.2, 0.25) is 0 Å². The number of nitrogens with zero attached hydrogens (tertiary/aromatic N) is 1. The Labute approximate surface area is 109 Å². The molecule has 0 aromatic rings. The van der Waals surface area contributed by atoms with Crippen molar-refractivity contribution in [3.05, 3.63) is 10.8 Å². The first kappa shape index (κ1) is 16.4. The average molecular weight is 279 g/mol. The van der Waals surface area contributed by atoms with Gasteiger partial charge in [0.2, 0.25) is 0 Å². The van der Waals surface area contributed by atoms with Crippen molar-refractivity contribution >= 4 is 30.2 Å². The highest BCUT2D eigenvalue weighted by Gasteiger charge is 2.10. The Balaban J connectivity index is 3.84. The fourth-order valence-electron chi connectivity index (χ4n) is 0.859. The second-order valence-electron chi connectivity index (χ2n) is 3.07. The fraction of sp³-hybridized carbons (Fsp3) is 0.500. The third kappa shape index (κ3) is 7.64. The van der Waals surface area contributed by atoms with Crippen molar-refractivity contribution in [2.24, 2.45) is 5.10 Å². The quantitative estimate of drug-likeness (QED) is 0.213. The van der Waals surface area contributed by atoms with E-state index in [9.17, 15) is 9.59 Å². The van der Waals surface area contributed by atoms with E-state index in [1.165, 1.54) is 6.92 Å². The zero-order valence-electron chi connectivity index (χ0n) is 9.94. The van der Waals surface area contributed by atoms with Gasteiger partial charge in [-0.3, -0.25) is 9.59 Å². The van der Waals surface area contributed by atoms with Gasteiger partial charge in [-0.15, -0.1) is 0 Å². The average Bonchev–Trinajstić information content (AvgIpc) is 2.32. The number of hydrazone groups is 1. The van der Waals surface area contributed by atoms with Gasteiger partial charge in [0.15, 0.2) is 0 Å². The van der Waals surface area contributed by atoms with Gasteiger partial charge in [-0.25, -0.2) is 5.43 Å². The predicted octanol–water partition coefficient (Wildman–Crippen LogP) is 0.696. The van der Waals surface area contributed by atoms with E-state index in [2.05, 4.69) is 17.2 Å². The summed E-state index contributed by atoms with van der Waals surface area (Å²) in [4.78, 5) is 21.4. The summed E-state index contributed by atoms with van der Waals surface area (Å²) in [6, 6.07) is 0. The lowest BCUT2D eigenvalue weighted by atomic mass is 10.4. The molecular formula is C10H15ClN2O5. The summed E-state index contributed by atoms with van der Waals surface area (Å²) in [6.45, 7) is 5.07. The molecule has 7 nitrogen and oxygen atoms in total. The molecule has 1 amide bonds. The molecule has 0 atom stereocenters. The number of ether oxygens (including phenoxy) is 2. The molecule has 0 radical (unpaired) electrons. The van der Waals surface area contributed by atoms with E-state index in [1.54, 1.807) is 0 Å². The maximum Gasteiger partial charge on any atom is 0.305 e. The summed E-state index contributed by atoms with van der Waals surface area (Å²) < 4.78 is 10.1. The van der Waals surface area contributed by atoms with E-state index in [0.717, 1.165) is 0 Å². The van der Waals surface area contributed by atoms with Crippen LogP contribution in [0, 0.1) is 0 Å². The molecule has 8 heteroatoms. The van der Waals surface area contributed by atoms with Crippen LogP contribution in [0.5, 0.6) is 0 Å². The lowest BCUT2D eigenvalue weighted by molar-refractivity contribution is -0.138. The lowest BCUT2D eigenvalue weighted by Crippen LogP contribution is -2.18. The molecule has 102 valence electrons. The largest absolute Gasteiger partial charge is 0.494 e. The Morgan fingerprint density at radius 1 is 1.39 bits per heavy atom. The normalized spacial score (nSPS) is 11.4. The van der Waals surface area contributed by atoms with Crippen molar-refractivity contribution in [1.82, 2.24) is 5.43 Å². The summed E-state index contributed by atoms with van der Waals surface area (Å²) in [5, 5.41) is 11.4. The van der Waals surface area contributed by atoms with Gasteiger partial charge in [-0.2, -0.15) is 5.10 Å². The number of carboxylic acid groups (broad SMARTS) is 1. The van der Waals surface area contributed by atoms with Gasteiger partial charge >= 0.3 is 5.97 Å². The zero-order chi connectivity index (χ0) is 14.0. The molecule has 0 fully saturated rings. The Morgan fingerprint density at radius 2 is 2.06 bits per heavy atom. The van der Waals surface area contributed by atoms with Gasteiger partial charge in [0.1, 0.15) is 17.4 Å². The van der Waals surface area contributed by atoms with Crippen LogP contribution in [0.15, 0.2) is 15.9 Å². The first-order valence-electron chi connectivity index (χ1n) is 5.03. The molecule has 0 aliphatic heterocycles. The second kappa shape index (κ2) is 9.43. The number of aliphatic carboxylic acids is 1. The lowest BCUT2D eigenvalue weighted by Gasteiger charge is -2.08. The van der Waals surface area contributed by atoms with Crippen LogP contribution in [-0.4, -0.2) is 43.5 Å². The summed E-state index contributed by atoms with van der Waals surface area (Å²) >= 11 is 5.68. The topological polar surface area (TPSA) is 97.2 Å². The molecule has 0 aliphatic carbocycles. The van der Waals surface area contributed by atoms with Crippen molar-refractivity contribution in [3.63, 3.8) is 0 Å². The van der Waals surface area contributed by atoms with Crippen molar-refractivity contribution < 1.29 is 24.2 Å². The summed E-state index contributed by atoms with van der Waals surface area (Å²) in [5.41, 5.74) is 2.06. The van der Waals surface area contributed by atoms with E-state index in [1.807, 2.05) is 0 Å². The number of carbonyl (C=O) groups excluding carboxylic acids is 1. The first-order valence-corrected chi connectivity index (χ1v) is 5.41. The number of rotatable bonds is 9. The van der Waals surface area contributed by atoms with E-state index in [4.69, 9.17) is 26.2 Å². The van der Waals surface area contributed by atoms with Crippen LogP contribution in [0.25, 0.3) is 0 Å². The SMILES string of the molecule is C=NNC(=O)/C(Cl)=C(\C)OCCOCCC(=O)O. The van der Waals surface area contributed by atoms with Gasteiger partial charge in [-0.1, -0.05) is 11.6 Å². The first-order chi connectivity index (χ1) is 8.49. The molecule has 0 bridgehead atoms. The smallest absolute Gasteiger partial charge is 0.305 e. The van der Waals surface area contributed by atoms with Crippen molar-refractivity contribution in [2.75, 3.05) is 19.8 Å². The fourth-order valence-corrected chi connectivity index (χ4v) is 0.956. The zero-order valence-corrected chi connectivity index (χ0v) is 10.7. The van der Waals surface area contributed by atoms with Crippen LogP contribution in [0.4, 0.5) is 0 Å². The Hall–Kier alpha value is -1.60. The van der Waals surface area contributed by atoms with Gasteiger partial charge in [0, 0.05) is 6.72 Å². The predicted molar refractivity (Wildman–Crippen MR) is 65.3 cm³/mol. The number of hydrogen-bond donors (Lipinski definition) is 2. The molecule has 0 spiro atoms. The highest BCUT2D eigenvalue weighted by Crippen LogP contribution is 2.10. The molecular weight excluding hydrogens is 264 g/mol. The number of carbonyl (C=O) groups is 2. The van der Waals surface area contributed by atoms with Crippen LogP contribution < -0.4 is 5.43 Å². The van der Waals surface area contributed by atoms with Gasteiger partial charge in [-0.05, 0) is 6.92 Å². The maximum absolute atomic E-state index is 11.2. The van der Waals surface area contributed by atoms with Crippen LogP contribution in [-0.2, 0) is 19.1 Å². The van der Waals surface area contributed by atoms with Crippen LogP contribution >= 0.6 is 11.6 Å². The minimum absolute atomic E-state index is 0.0665. The standard InChI is InChI=1S/C10H15ClN2O5/c1-7(9(11)10(16)13-12-2)18-6-5-17-4-3-8(14)15/h2-6H2,1H3,(H,13,16)(H,14,15)/b9-7-. The van der Waals surface area contributed by atoms with Gasteiger partial charge < -0.3 is 14.6 Å². The summed E-state index contributed by atoms with van der Waals surface area (Å²) in [7, 11) is 0. The van der Waals surface area contributed by atoms with Crippen molar-refractivity contribution in [1.29, 1.82) is 0 Å². The number of halogens is 1. The molecule has 0 aromatic heterocycles. The number of carboxylic acids is 1. The van der Waals surface area contributed by atoms with E-state index in [0.29, 0.717) is 0 Å². The Bertz CT molecular complexity index is 343. The summed E-state index contributed by atoms with van der Waals surface area (Å²) in [5.74, 6) is -1.32. The number of nitrogens with one attached hydrogen (secondary N) is 1. The Morgan fingerprint density at radius 3 is 2.61 bits per heavy atom. The molecule has 0 unspecified atom stereocenters. The number of hydrogen-bond acceptors (Lipinski definition) is 5. The van der Waals surface area contributed by atoms with E-state index in [-0.39, 0.29) is 37.0 Å². The van der Waals surface area contributed by atoms with Crippen molar-refractivity contribution in [2.45, 2.75) is 13.3 Å². The molecule has 0 saturated heterocycles. The molecule has 18 heavy (non-hydrogen) atoms. The van der Waals surface area contributed by atoms with Crippen LogP contribution in [0.3, 0.4) is 0 Å². The monoisotopic (exact) mass is 278 g/mol.